The molecule has 116 valence electrons. The van der Waals surface area contributed by atoms with Crippen LogP contribution in [-0.2, 0) is 4.74 Å². The highest BCUT2D eigenvalue weighted by Crippen LogP contribution is 2.18. The molecule has 0 saturated heterocycles. The quantitative estimate of drug-likeness (QED) is 0.643. The van der Waals surface area contributed by atoms with Crippen molar-refractivity contribution in [3.8, 4) is 0 Å². The van der Waals surface area contributed by atoms with Crippen LogP contribution in [0.15, 0.2) is 18.2 Å². The van der Waals surface area contributed by atoms with E-state index in [2.05, 4.69) is 10.6 Å². The van der Waals surface area contributed by atoms with Crippen molar-refractivity contribution in [3.63, 3.8) is 0 Å². The monoisotopic (exact) mass is 294 g/mol. The van der Waals surface area contributed by atoms with E-state index < -0.39 is 5.97 Å². The number of carboxylic acids is 1. The van der Waals surface area contributed by atoms with Gasteiger partial charge in [0, 0.05) is 25.9 Å². The van der Waals surface area contributed by atoms with E-state index in [9.17, 15) is 9.59 Å². The summed E-state index contributed by atoms with van der Waals surface area (Å²) in [5.41, 5.74) is 1.24. The number of nitrogens with one attached hydrogen (secondary N) is 2. The molecule has 0 unspecified atom stereocenters. The fourth-order valence-electron chi connectivity index (χ4n) is 1.92. The predicted molar refractivity (Wildman–Crippen MR) is 80.9 cm³/mol. The zero-order valence-corrected chi connectivity index (χ0v) is 12.4. The zero-order chi connectivity index (χ0) is 15.7. The van der Waals surface area contributed by atoms with Gasteiger partial charge in [0.25, 0.3) is 0 Å². The van der Waals surface area contributed by atoms with E-state index in [0.29, 0.717) is 17.8 Å². The lowest BCUT2D eigenvalue weighted by atomic mass is 10.1. The van der Waals surface area contributed by atoms with Crippen molar-refractivity contribution in [2.75, 3.05) is 25.6 Å². The number of amides is 2. The number of benzene rings is 1. The van der Waals surface area contributed by atoms with Gasteiger partial charge in [0.1, 0.15) is 0 Å². The first-order chi connectivity index (χ1) is 10.1. The fraction of sp³-hybridized carbons (Fsp3) is 0.467. The van der Waals surface area contributed by atoms with Crippen LogP contribution in [-0.4, -0.2) is 37.4 Å². The molecule has 0 atom stereocenters. The van der Waals surface area contributed by atoms with Crippen LogP contribution in [0.1, 0.15) is 35.2 Å². The third kappa shape index (κ3) is 5.83. The van der Waals surface area contributed by atoms with Gasteiger partial charge in [-0.15, -0.1) is 0 Å². The molecule has 3 N–H and O–H groups in total. The molecular formula is C15H22N2O4. The minimum absolute atomic E-state index is 0.187. The van der Waals surface area contributed by atoms with Gasteiger partial charge in [-0.2, -0.15) is 0 Å². The first kappa shape index (κ1) is 17.0. The van der Waals surface area contributed by atoms with E-state index in [1.807, 2.05) is 0 Å². The fourth-order valence-corrected chi connectivity index (χ4v) is 1.92. The van der Waals surface area contributed by atoms with Crippen LogP contribution in [0.25, 0.3) is 0 Å². The number of unbranched alkanes of at least 4 members (excludes halogenated alkanes) is 2. The molecule has 1 aromatic rings. The normalized spacial score (nSPS) is 10.2. The van der Waals surface area contributed by atoms with Crippen LogP contribution >= 0.6 is 0 Å². The van der Waals surface area contributed by atoms with Gasteiger partial charge in [-0.25, -0.2) is 9.59 Å². The molecule has 0 fully saturated rings. The minimum atomic E-state index is -1.00. The van der Waals surface area contributed by atoms with Crippen LogP contribution in [0.3, 0.4) is 0 Å². The number of ether oxygens (including phenoxy) is 1. The summed E-state index contributed by atoms with van der Waals surface area (Å²) in [4.78, 5) is 22.8. The molecule has 1 aromatic carbocycles. The Balaban J connectivity index is 2.41. The number of methoxy groups -OCH3 is 1. The Morgan fingerprint density at radius 3 is 2.67 bits per heavy atom. The van der Waals surface area contributed by atoms with Gasteiger partial charge in [-0.05, 0) is 43.9 Å². The molecule has 21 heavy (non-hydrogen) atoms. The van der Waals surface area contributed by atoms with E-state index in [1.165, 1.54) is 6.07 Å². The van der Waals surface area contributed by atoms with E-state index in [-0.39, 0.29) is 11.6 Å². The summed E-state index contributed by atoms with van der Waals surface area (Å²) in [5.74, 6) is -1.00. The summed E-state index contributed by atoms with van der Waals surface area (Å²) in [7, 11) is 1.67. The van der Waals surface area contributed by atoms with Gasteiger partial charge in [-0.3, -0.25) is 0 Å². The SMILES string of the molecule is COCCCCCNC(=O)Nc1cccc(C(=O)O)c1C. The third-order valence-electron chi connectivity index (χ3n) is 3.12. The van der Waals surface area contributed by atoms with Gasteiger partial charge < -0.3 is 20.5 Å². The molecule has 6 nitrogen and oxygen atoms in total. The first-order valence-electron chi connectivity index (χ1n) is 6.93. The smallest absolute Gasteiger partial charge is 0.336 e. The molecule has 0 saturated carbocycles. The second-order valence-electron chi connectivity index (χ2n) is 4.72. The average molecular weight is 294 g/mol. The Labute approximate surface area is 124 Å². The molecule has 2 amide bonds. The van der Waals surface area contributed by atoms with Crippen molar-refractivity contribution in [3.05, 3.63) is 29.3 Å². The minimum Gasteiger partial charge on any atom is -0.478 e. The van der Waals surface area contributed by atoms with Crippen LogP contribution in [0.5, 0.6) is 0 Å². The van der Waals surface area contributed by atoms with E-state index >= 15 is 0 Å². The van der Waals surface area contributed by atoms with E-state index in [4.69, 9.17) is 9.84 Å². The number of carboxylic acid groups (broad SMARTS) is 1. The molecule has 0 radical (unpaired) electrons. The summed E-state index contributed by atoms with van der Waals surface area (Å²) < 4.78 is 4.94. The van der Waals surface area contributed by atoms with Crippen molar-refractivity contribution in [2.45, 2.75) is 26.2 Å². The van der Waals surface area contributed by atoms with Crippen molar-refractivity contribution >= 4 is 17.7 Å². The lowest BCUT2D eigenvalue weighted by molar-refractivity contribution is 0.0696. The second-order valence-corrected chi connectivity index (χ2v) is 4.72. The first-order valence-corrected chi connectivity index (χ1v) is 6.93. The Morgan fingerprint density at radius 2 is 2.00 bits per heavy atom. The Hall–Kier alpha value is -2.08. The van der Waals surface area contributed by atoms with Gasteiger partial charge in [-0.1, -0.05) is 6.07 Å². The highest BCUT2D eigenvalue weighted by Gasteiger charge is 2.11. The predicted octanol–water partition coefficient (Wildman–Crippen LogP) is 2.63. The molecular weight excluding hydrogens is 272 g/mol. The highest BCUT2D eigenvalue weighted by atomic mass is 16.5. The van der Waals surface area contributed by atoms with Crippen LogP contribution < -0.4 is 10.6 Å². The standard InChI is InChI=1S/C15H22N2O4/c1-11-12(14(18)19)7-6-8-13(11)17-15(20)16-9-4-3-5-10-21-2/h6-8H,3-5,9-10H2,1-2H3,(H,18,19)(H2,16,17,20). The van der Waals surface area contributed by atoms with Crippen molar-refractivity contribution in [1.29, 1.82) is 0 Å². The maximum absolute atomic E-state index is 11.7. The van der Waals surface area contributed by atoms with Crippen LogP contribution in [0, 0.1) is 6.92 Å². The summed E-state index contributed by atoms with van der Waals surface area (Å²) in [6.45, 7) is 2.98. The van der Waals surface area contributed by atoms with Crippen molar-refractivity contribution < 1.29 is 19.4 Å². The second kappa shape index (κ2) is 8.97. The summed E-state index contributed by atoms with van der Waals surface area (Å²) in [6, 6.07) is 4.47. The Kier molecular flexibility index (Phi) is 7.25. The molecule has 6 heteroatoms. The van der Waals surface area contributed by atoms with Gasteiger partial charge in [0.2, 0.25) is 0 Å². The van der Waals surface area contributed by atoms with Crippen molar-refractivity contribution in [1.82, 2.24) is 5.32 Å². The van der Waals surface area contributed by atoms with Gasteiger partial charge in [0.05, 0.1) is 5.56 Å². The number of aromatic carboxylic acids is 1. The number of carbonyl (C=O) groups excluding carboxylic acids is 1. The number of urea groups is 1. The Morgan fingerprint density at radius 1 is 1.24 bits per heavy atom. The lowest BCUT2D eigenvalue weighted by Crippen LogP contribution is -2.30. The molecule has 0 bridgehead atoms. The van der Waals surface area contributed by atoms with Crippen LogP contribution in [0.2, 0.25) is 0 Å². The van der Waals surface area contributed by atoms with Crippen LogP contribution in [0.4, 0.5) is 10.5 Å². The molecule has 0 aliphatic rings. The van der Waals surface area contributed by atoms with Crippen molar-refractivity contribution in [2.24, 2.45) is 0 Å². The lowest BCUT2D eigenvalue weighted by Gasteiger charge is -2.11. The molecule has 0 heterocycles. The molecule has 0 aliphatic heterocycles. The maximum atomic E-state index is 11.7. The molecule has 0 aromatic heterocycles. The number of anilines is 1. The summed E-state index contributed by atoms with van der Waals surface area (Å²) in [5, 5.41) is 14.4. The maximum Gasteiger partial charge on any atom is 0.336 e. The Bertz CT molecular complexity index is 489. The molecule has 0 aliphatic carbocycles. The number of carbonyl (C=O) groups is 2. The topological polar surface area (TPSA) is 87.7 Å². The summed E-state index contributed by atoms with van der Waals surface area (Å²) >= 11 is 0. The largest absolute Gasteiger partial charge is 0.478 e. The number of hydrogen-bond acceptors (Lipinski definition) is 3. The van der Waals surface area contributed by atoms with Gasteiger partial charge >= 0.3 is 12.0 Å². The van der Waals surface area contributed by atoms with Gasteiger partial charge in [0.15, 0.2) is 0 Å². The highest BCUT2D eigenvalue weighted by molar-refractivity contribution is 5.95. The molecule has 1 rings (SSSR count). The third-order valence-corrected chi connectivity index (χ3v) is 3.12. The average Bonchev–Trinajstić information content (AvgIpc) is 2.44. The summed E-state index contributed by atoms with van der Waals surface area (Å²) in [6.07, 6.45) is 2.84. The zero-order valence-electron chi connectivity index (χ0n) is 12.4. The van der Waals surface area contributed by atoms with E-state index in [0.717, 1.165) is 25.9 Å². The van der Waals surface area contributed by atoms with E-state index in [1.54, 1.807) is 26.2 Å². The number of hydrogen-bond donors (Lipinski definition) is 3. The molecule has 0 spiro atoms. The number of rotatable bonds is 8.